The zero-order chi connectivity index (χ0) is 15.0. The van der Waals surface area contributed by atoms with E-state index in [1.54, 1.807) is 6.07 Å². The van der Waals surface area contributed by atoms with Crippen LogP contribution in [0.15, 0.2) is 33.6 Å². The Kier molecular flexibility index (Phi) is 2.05. The summed E-state index contributed by atoms with van der Waals surface area (Å²) in [4.78, 5) is 28.2. The van der Waals surface area contributed by atoms with E-state index in [0.717, 1.165) is 35.5 Å². The van der Waals surface area contributed by atoms with Crippen LogP contribution in [0.1, 0.15) is 23.6 Å². The maximum absolute atomic E-state index is 12.6. The molecular weight excluding hydrogens is 282 g/mol. The normalized spacial score (nSPS) is 21.0. The van der Waals surface area contributed by atoms with Gasteiger partial charge in [-0.15, -0.1) is 0 Å². The molecule has 6 heteroatoms. The smallest absolute Gasteiger partial charge is 0.352 e. The standard InChI is InChI=1S/C16H14N3O3/c1-17-11-3-2-6-18-8-12(20)19(15(11)18)10-5-4-9-7-13(21)22-16(17)14(9)10/h2-3,6-7,10H,4-5,8H2,1H3/q+1. The van der Waals surface area contributed by atoms with Crippen LogP contribution in [-0.2, 0) is 17.8 Å². The Morgan fingerprint density at radius 3 is 3.09 bits per heavy atom. The molecule has 0 spiro atoms. The Hall–Kier alpha value is -2.63. The third-order valence-corrected chi connectivity index (χ3v) is 4.89. The maximum atomic E-state index is 12.6. The van der Waals surface area contributed by atoms with Crippen molar-refractivity contribution in [2.45, 2.75) is 25.4 Å². The van der Waals surface area contributed by atoms with E-state index in [1.807, 2.05) is 39.7 Å². The zero-order valence-electron chi connectivity index (χ0n) is 12.1. The van der Waals surface area contributed by atoms with Crippen molar-refractivity contribution in [1.82, 2.24) is 0 Å². The first-order chi connectivity index (χ1) is 10.6. The second kappa shape index (κ2) is 3.76. The molecule has 1 unspecified atom stereocenters. The summed E-state index contributed by atoms with van der Waals surface area (Å²) in [5.74, 6) is 1.56. The molecule has 0 radical (unpaired) electrons. The summed E-state index contributed by atoms with van der Waals surface area (Å²) in [6.07, 6.45) is 3.56. The molecule has 0 bridgehead atoms. The van der Waals surface area contributed by atoms with Gasteiger partial charge in [-0.3, -0.25) is 0 Å². The highest BCUT2D eigenvalue weighted by Crippen LogP contribution is 2.49. The summed E-state index contributed by atoms with van der Waals surface area (Å²) in [6, 6.07) is 5.40. The number of aromatic nitrogens is 1. The molecule has 1 amide bonds. The van der Waals surface area contributed by atoms with Gasteiger partial charge in [-0.25, -0.2) is 14.2 Å². The van der Waals surface area contributed by atoms with E-state index in [4.69, 9.17) is 4.42 Å². The lowest BCUT2D eigenvalue weighted by Crippen LogP contribution is -2.32. The summed E-state index contributed by atoms with van der Waals surface area (Å²) in [6.45, 7) is 0.370. The number of pyridine rings is 1. The third-order valence-electron chi connectivity index (χ3n) is 4.89. The number of nitrogens with zero attached hydrogens (tertiary/aromatic N) is 3. The summed E-state index contributed by atoms with van der Waals surface area (Å²) < 4.78 is 7.48. The first-order valence-electron chi connectivity index (χ1n) is 7.40. The van der Waals surface area contributed by atoms with Crippen molar-refractivity contribution in [1.29, 1.82) is 0 Å². The number of rotatable bonds is 0. The van der Waals surface area contributed by atoms with Gasteiger partial charge in [0.25, 0.3) is 0 Å². The Labute approximate surface area is 126 Å². The van der Waals surface area contributed by atoms with Gasteiger partial charge >= 0.3 is 17.4 Å². The summed E-state index contributed by atoms with van der Waals surface area (Å²) in [5.41, 5.74) is 2.55. The van der Waals surface area contributed by atoms with Crippen LogP contribution in [0, 0.1) is 0 Å². The molecule has 3 aliphatic rings. The van der Waals surface area contributed by atoms with E-state index in [1.165, 1.54) is 0 Å². The molecule has 2 aliphatic heterocycles. The van der Waals surface area contributed by atoms with Crippen LogP contribution in [-0.4, -0.2) is 13.0 Å². The SMILES string of the molecule is CN1c2ccc[n+]3c2N(C(=O)C3)C2CCc3cc(=O)oc1c32. The van der Waals surface area contributed by atoms with E-state index in [0.29, 0.717) is 12.4 Å². The lowest BCUT2D eigenvalue weighted by atomic mass is 10.1. The van der Waals surface area contributed by atoms with Crippen LogP contribution in [0.4, 0.5) is 17.4 Å². The van der Waals surface area contributed by atoms with Gasteiger partial charge in [0.2, 0.25) is 5.88 Å². The van der Waals surface area contributed by atoms with Gasteiger partial charge in [0, 0.05) is 13.1 Å². The van der Waals surface area contributed by atoms with E-state index < -0.39 is 0 Å². The van der Waals surface area contributed by atoms with E-state index in [2.05, 4.69) is 0 Å². The van der Waals surface area contributed by atoms with Crippen molar-refractivity contribution in [2.75, 3.05) is 16.8 Å². The van der Waals surface area contributed by atoms with Gasteiger partial charge < -0.3 is 9.32 Å². The zero-order valence-corrected chi connectivity index (χ0v) is 12.1. The van der Waals surface area contributed by atoms with Crippen molar-refractivity contribution < 1.29 is 13.8 Å². The van der Waals surface area contributed by atoms with Gasteiger partial charge in [0.05, 0.1) is 11.8 Å². The Bertz CT molecular complexity index is 902. The molecule has 0 N–H and O–H groups in total. The minimum Gasteiger partial charge on any atom is -0.406 e. The van der Waals surface area contributed by atoms with Gasteiger partial charge in [0.1, 0.15) is 11.7 Å². The fourth-order valence-electron chi connectivity index (χ4n) is 4.00. The lowest BCUT2D eigenvalue weighted by Gasteiger charge is -2.17. The van der Waals surface area contributed by atoms with Crippen molar-refractivity contribution in [3.8, 4) is 0 Å². The molecule has 0 aromatic carbocycles. The molecule has 0 fully saturated rings. The minimum absolute atomic E-state index is 0.0401. The number of fused-ring (bicyclic) bond motifs is 1. The molecule has 2 aromatic rings. The number of carbonyl (C=O) groups is 1. The molecule has 2 aromatic heterocycles. The molecule has 0 saturated heterocycles. The third kappa shape index (κ3) is 1.28. The second-order valence-corrected chi connectivity index (χ2v) is 6.03. The van der Waals surface area contributed by atoms with Crippen molar-refractivity contribution in [2.24, 2.45) is 0 Å². The molecule has 0 saturated carbocycles. The summed E-state index contributed by atoms with van der Waals surface area (Å²) in [5, 5.41) is 0. The highest BCUT2D eigenvalue weighted by atomic mass is 16.4. The topological polar surface area (TPSA) is 57.6 Å². The van der Waals surface area contributed by atoms with Crippen LogP contribution in [0.2, 0.25) is 0 Å². The molecule has 1 aliphatic carbocycles. The first kappa shape index (κ1) is 12.0. The van der Waals surface area contributed by atoms with Crippen LogP contribution in [0.3, 0.4) is 0 Å². The molecule has 110 valence electrons. The van der Waals surface area contributed by atoms with Gasteiger partial charge in [-0.2, -0.15) is 4.90 Å². The molecule has 5 rings (SSSR count). The Morgan fingerprint density at radius 1 is 1.36 bits per heavy atom. The monoisotopic (exact) mass is 296 g/mol. The Balaban J connectivity index is 1.90. The van der Waals surface area contributed by atoms with Gasteiger partial charge in [-0.05, 0) is 30.5 Å². The van der Waals surface area contributed by atoms with Crippen LogP contribution in [0.5, 0.6) is 0 Å². The quantitative estimate of drug-likeness (QED) is 0.682. The average molecular weight is 296 g/mol. The van der Waals surface area contributed by atoms with Gasteiger partial charge in [0.15, 0.2) is 6.54 Å². The van der Waals surface area contributed by atoms with Gasteiger partial charge in [-0.1, -0.05) is 0 Å². The van der Waals surface area contributed by atoms with Crippen LogP contribution in [0.25, 0.3) is 0 Å². The average Bonchev–Trinajstić information content (AvgIpc) is 3.01. The van der Waals surface area contributed by atoms with Crippen molar-refractivity contribution in [3.05, 3.63) is 45.9 Å². The van der Waals surface area contributed by atoms with E-state index in [9.17, 15) is 9.59 Å². The number of carbonyl (C=O) groups excluding carboxylic acids is 1. The minimum atomic E-state index is -0.330. The number of anilines is 3. The molecule has 22 heavy (non-hydrogen) atoms. The molecule has 4 heterocycles. The van der Waals surface area contributed by atoms with Crippen LogP contribution >= 0.6 is 0 Å². The number of aryl methyl sites for hydroxylation is 1. The van der Waals surface area contributed by atoms with E-state index >= 15 is 0 Å². The Morgan fingerprint density at radius 2 is 2.23 bits per heavy atom. The fourth-order valence-corrected chi connectivity index (χ4v) is 4.00. The number of hydrogen-bond donors (Lipinski definition) is 0. The highest BCUT2D eigenvalue weighted by molar-refractivity contribution is 5.98. The molecule has 1 atom stereocenters. The molecular formula is C16H14N3O3+. The summed E-state index contributed by atoms with van der Waals surface area (Å²) >= 11 is 0. The molecule has 6 nitrogen and oxygen atoms in total. The predicted molar refractivity (Wildman–Crippen MR) is 78.2 cm³/mol. The number of amides is 1. The fraction of sp³-hybridized carbons (Fsp3) is 0.312. The summed E-state index contributed by atoms with van der Waals surface area (Å²) in [7, 11) is 1.89. The maximum Gasteiger partial charge on any atom is 0.352 e. The largest absolute Gasteiger partial charge is 0.406 e. The van der Waals surface area contributed by atoms with Crippen LogP contribution < -0.4 is 20.0 Å². The number of hydrogen-bond acceptors (Lipinski definition) is 4. The second-order valence-electron chi connectivity index (χ2n) is 6.03. The van der Waals surface area contributed by atoms with Crippen molar-refractivity contribution >= 4 is 23.3 Å². The van der Waals surface area contributed by atoms with Crippen molar-refractivity contribution in [3.63, 3.8) is 0 Å². The van der Waals surface area contributed by atoms with E-state index in [-0.39, 0.29) is 17.6 Å². The highest BCUT2D eigenvalue weighted by Gasteiger charge is 2.51. The first-order valence-corrected chi connectivity index (χ1v) is 7.40. The predicted octanol–water partition coefficient (Wildman–Crippen LogP) is 1.04. The lowest BCUT2D eigenvalue weighted by molar-refractivity contribution is -0.663.